The second kappa shape index (κ2) is 12.4. The van der Waals surface area contributed by atoms with Crippen LogP contribution in [0.15, 0.2) is 18.2 Å². The van der Waals surface area contributed by atoms with Gasteiger partial charge in [-0.25, -0.2) is 4.79 Å². The van der Waals surface area contributed by atoms with Gasteiger partial charge in [0.05, 0.1) is 15.7 Å². The highest BCUT2D eigenvalue weighted by Gasteiger charge is 2.09. The maximum Gasteiger partial charge on any atom is 0.319 e. The molecule has 0 heterocycles. The fraction of sp³-hybridized carbons (Fsp3) is 0.611. The molecule has 0 saturated carbocycles. The van der Waals surface area contributed by atoms with Gasteiger partial charge >= 0.3 is 6.03 Å². The Morgan fingerprint density at radius 1 is 1.21 bits per heavy atom. The predicted octanol–water partition coefficient (Wildman–Crippen LogP) is 5.74. The van der Waals surface area contributed by atoms with E-state index in [0.29, 0.717) is 34.8 Å². The number of amides is 2. The van der Waals surface area contributed by atoms with Gasteiger partial charge in [0, 0.05) is 19.8 Å². The molecule has 1 aromatic rings. The van der Waals surface area contributed by atoms with Crippen LogP contribution in [0.1, 0.15) is 46.0 Å². The monoisotopic (exact) mass is 374 g/mol. The van der Waals surface area contributed by atoms with E-state index in [9.17, 15) is 4.79 Å². The first-order valence-corrected chi connectivity index (χ1v) is 9.40. The molecule has 0 radical (unpaired) electrons. The van der Waals surface area contributed by atoms with Gasteiger partial charge in [0.25, 0.3) is 0 Å². The van der Waals surface area contributed by atoms with Crippen molar-refractivity contribution in [1.82, 2.24) is 5.32 Å². The van der Waals surface area contributed by atoms with Crippen molar-refractivity contribution in [2.24, 2.45) is 5.92 Å². The average molecular weight is 375 g/mol. The maximum absolute atomic E-state index is 11.8. The summed E-state index contributed by atoms with van der Waals surface area (Å²) in [7, 11) is 0. The zero-order chi connectivity index (χ0) is 17.8. The van der Waals surface area contributed by atoms with Crippen molar-refractivity contribution in [2.45, 2.75) is 46.0 Å². The number of para-hydroxylation sites is 1. The number of rotatable bonds is 11. The third kappa shape index (κ3) is 8.22. The Kier molecular flexibility index (Phi) is 10.9. The van der Waals surface area contributed by atoms with E-state index in [-0.39, 0.29) is 6.03 Å². The summed E-state index contributed by atoms with van der Waals surface area (Å²) in [5.74, 6) is 0.642. The zero-order valence-corrected chi connectivity index (χ0v) is 16.1. The summed E-state index contributed by atoms with van der Waals surface area (Å²) in [4.78, 5) is 11.8. The minimum atomic E-state index is -0.320. The van der Waals surface area contributed by atoms with Gasteiger partial charge in [0.2, 0.25) is 0 Å². The lowest BCUT2D eigenvalue weighted by atomic mass is 10.0. The first kappa shape index (κ1) is 21.1. The number of nitrogens with one attached hydrogen (secondary N) is 2. The maximum atomic E-state index is 11.8. The van der Waals surface area contributed by atoms with Crippen molar-refractivity contribution in [3.05, 3.63) is 28.2 Å². The van der Waals surface area contributed by atoms with Gasteiger partial charge in [-0.15, -0.1) is 0 Å². The number of ether oxygens (including phenoxy) is 1. The zero-order valence-electron chi connectivity index (χ0n) is 14.5. The summed E-state index contributed by atoms with van der Waals surface area (Å²) in [6.07, 6.45) is 5.64. The van der Waals surface area contributed by atoms with Crippen LogP contribution in [0.2, 0.25) is 10.0 Å². The Labute approximate surface area is 155 Å². The molecule has 1 aromatic carbocycles. The van der Waals surface area contributed by atoms with Gasteiger partial charge in [-0.3, -0.25) is 0 Å². The number of hydrogen-bond donors (Lipinski definition) is 2. The molecular weight excluding hydrogens is 347 g/mol. The lowest BCUT2D eigenvalue weighted by Crippen LogP contribution is -2.30. The molecule has 2 amide bonds. The highest BCUT2D eigenvalue weighted by Crippen LogP contribution is 2.29. The first-order chi connectivity index (χ1) is 11.6. The number of anilines is 1. The molecule has 1 rings (SSSR count). The molecule has 1 atom stereocenters. The SMILES string of the molecule is CCCCC(CC)COCCCNC(=O)Nc1c(Cl)cccc1Cl. The fourth-order valence-corrected chi connectivity index (χ4v) is 2.79. The number of unbranched alkanes of at least 4 members (excludes halogenated alkanes) is 1. The predicted molar refractivity (Wildman–Crippen MR) is 102 cm³/mol. The van der Waals surface area contributed by atoms with E-state index in [1.807, 2.05) is 0 Å². The van der Waals surface area contributed by atoms with Crippen molar-refractivity contribution in [3.63, 3.8) is 0 Å². The van der Waals surface area contributed by atoms with Crippen LogP contribution >= 0.6 is 23.2 Å². The van der Waals surface area contributed by atoms with E-state index in [1.165, 1.54) is 19.3 Å². The minimum absolute atomic E-state index is 0.320. The summed E-state index contributed by atoms with van der Waals surface area (Å²) in [5.41, 5.74) is 0.427. The van der Waals surface area contributed by atoms with E-state index in [1.54, 1.807) is 18.2 Å². The number of carbonyl (C=O) groups excluding carboxylic acids is 1. The molecule has 0 bridgehead atoms. The molecule has 0 saturated heterocycles. The first-order valence-electron chi connectivity index (χ1n) is 8.65. The summed E-state index contributed by atoms with van der Waals surface area (Å²) in [6, 6.07) is 4.77. The number of hydrogen-bond acceptors (Lipinski definition) is 2. The minimum Gasteiger partial charge on any atom is -0.381 e. The molecule has 4 nitrogen and oxygen atoms in total. The van der Waals surface area contributed by atoms with Gasteiger partial charge in [-0.2, -0.15) is 0 Å². The molecule has 0 aromatic heterocycles. The third-order valence-electron chi connectivity index (χ3n) is 3.85. The number of benzene rings is 1. The van der Waals surface area contributed by atoms with Gasteiger partial charge in [-0.05, 0) is 30.9 Å². The molecule has 0 spiro atoms. The Morgan fingerprint density at radius 2 is 1.92 bits per heavy atom. The summed E-state index contributed by atoms with van der Waals surface area (Å²) >= 11 is 12.0. The molecule has 0 aliphatic heterocycles. The van der Waals surface area contributed by atoms with Crippen LogP contribution in [0, 0.1) is 5.92 Å². The van der Waals surface area contributed by atoms with Crippen LogP contribution in [-0.4, -0.2) is 25.8 Å². The van der Waals surface area contributed by atoms with Crippen molar-refractivity contribution in [1.29, 1.82) is 0 Å². The number of urea groups is 1. The van der Waals surface area contributed by atoms with Crippen molar-refractivity contribution >= 4 is 34.9 Å². The van der Waals surface area contributed by atoms with Crippen LogP contribution in [0.25, 0.3) is 0 Å². The normalized spacial score (nSPS) is 12.0. The van der Waals surface area contributed by atoms with Gasteiger partial charge in [0.15, 0.2) is 0 Å². The van der Waals surface area contributed by atoms with Crippen LogP contribution < -0.4 is 10.6 Å². The second-order valence-electron chi connectivity index (χ2n) is 5.82. The van der Waals surface area contributed by atoms with Crippen molar-refractivity contribution in [2.75, 3.05) is 25.1 Å². The molecular formula is C18H28Cl2N2O2. The van der Waals surface area contributed by atoms with Crippen LogP contribution in [0.5, 0.6) is 0 Å². The average Bonchev–Trinajstić information content (AvgIpc) is 2.57. The van der Waals surface area contributed by atoms with E-state index < -0.39 is 0 Å². The Balaban J connectivity index is 2.15. The van der Waals surface area contributed by atoms with E-state index in [2.05, 4.69) is 24.5 Å². The smallest absolute Gasteiger partial charge is 0.319 e. The largest absolute Gasteiger partial charge is 0.381 e. The highest BCUT2D eigenvalue weighted by molar-refractivity contribution is 6.39. The summed E-state index contributed by atoms with van der Waals surface area (Å²) in [6.45, 7) is 6.41. The topological polar surface area (TPSA) is 50.4 Å². The quantitative estimate of drug-likeness (QED) is 0.485. The lowest BCUT2D eigenvalue weighted by molar-refractivity contribution is 0.0925. The molecule has 0 fully saturated rings. The van der Waals surface area contributed by atoms with E-state index in [4.69, 9.17) is 27.9 Å². The Morgan fingerprint density at radius 3 is 2.54 bits per heavy atom. The second-order valence-corrected chi connectivity index (χ2v) is 6.64. The highest BCUT2D eigenvalue weighted by atomic mass is 35.5. The summed E-state index contributed by atoms with van der Waals surface area (Å²) in [5, 5.41) is 6.27. The molecule has 136 valence electrons. The number of halogens is 2. The van der Waals surface area contributed by atoms with Crippen LogP contribution in [-0.2, 0) is 4.74 Å². The molecule has 1 unspecified atom stereocenters. The van der Waals surface area contributed by atoms with Crippen LogP contribution in [0.3, 0.4) is 0 Å². The van der Waals surface area contributed by atoms with Crippen LogP contribution in [0.4, 0.5) is 10.5 Å². The molecule has 0 aliphatic carbocycles. The lowest BCUT2D eigenvalue weighted by Gasteiger charge is -2.15. The number of carbonyl (C=O) groups is 1. The van der Waals surface area contributed by atoms with Gasteiger partial charge < -0.3 is 15.4 Å². The summed E-state index contributed by atoms with van der Waals surface area (Å²) < 4.78 is 5.71. The third-order valence-corrected chi connectivity index (χ3v) is 4.48. The van der Waals surface area contributed by atoms with Crippen molar-refractivity contribution < 1.29 is 9.53 Å². The molecule has 2 N–H and O–H groups in total. The van der Waals surface area contributed by atoms with Crippen molar-refractivity contribution in [3.8, 4) is 0 Å². The molecule has 24 heavy (non-hydrogen) atoms. The molecule has 0 aliphatic rings. The van der Waals surface area contributed by atoms with Gasteiger partial charge in [-0.1, -0.05) is 62.4 Å². The standard InChI is InChI=1S/C18H28Cl2N2O2/c1-3-5-8-14(4-2)13-24-12-7-11-21-18(23)22-17-15(19)9-6-10-16(17)20/h6,9-10,14H,3-5,7-8,11-13H2,1-2H3,(H2,21,22,23). The van der Waals surface area contributed by atoms with Gasteiger partial charge in [0.1, 0.15) is 0 Å². The fourth-order valence-electron chi connectivity index (χ4n) is 2.30. The Hall–Kier alpha value is -0.970. The molecule has 6 heteroatoms. The van der Waals surface area contributed by atoms with E-state index >= 15 is 0 Å². The van der Waals surface area contributed by atoms with E-state index in [0.717, 1.165) is 19.4 Å². The Bertz CT molecular complexity index is 478.